The summed E-state index contributed by atoms with van der Waals surface area (Å²) in [7, 11) is 1.34. The quantitative estimate of drug-likeness (QED) is 0.551. The standard InChI is InChI=1S/C19H18F2O4/c1-13-5-3-4-6-15(13)12-24-18(22)10-8-14-7-9-16(25-19(20)21)17(11-14)23-2/h3-11,19H,12H2,1-2H3/b10-8+. The average Bonchev–Trinajstić information content (AvgIpc) is 2.59. The summed E-state index contributed by atoms with van der Waals surface area (Å²) in [6.45, 7) is -0.819. The first-order valence-corrected chi connectivity index (χ1v) is 7.52. The van der Waals surface area contributed by atoms with E-state index in [1.165, 1.54) is 37.5 Å². The van der Waals surface area contributed by atoms with Crippen molar-refractivity contribution >= 4 is 12.0 Å². The zero-order chi connectivity index (χ0) is 18.2. The Balaban J connectivity index is 1.98. The molecule has 2 rings (SSSR count). The summed E-state index contributed by atoms with van der Waals surface area (Å²) < 4.78 is 39.1. The second-order valence-corrected chi connectivity index (χ2v) is 5.16. The summed E-state index contributed by atoms with van der Waals surface area (Å²) in [5.74, 6) is -0.428. The van der Waals surface area contributed by atoms with Crippen molar-refractivity contribution in [2.45, 2.75) is 20.1 Å². The van der Waals surface area contributed by atoms with Crippen LogP contribution in [0.1, 0.15) is 16.7 Å². The molecule has 2 aromatic rings. The number of methoxy groups -OCH3 is 1. The van der Waals surface area contributed by atoms with Gasteiger partial charge in [-0.2, -0.15) is 8.78 Å². The van der Waals surface area contributed by atoms with Crippen LogP contribution in [0.15, 0.2) is 48.5 Å². The maximum absolute atomic E-state index is 12.3. The molecule has 2 aromatic carbocycles. The van der Waals surface area contributed by atoms with Crippen LogP contribution in [0.5, 0.6) is 11.5 Å². The number of carbonyl (C=O) groups excluding carboxylic acids is 1. The largest absolute Gasteiger partial charge is 0.493 e. The Kier molecular flexibility index (Phi) is 6.51. The molecule has 25 heavy (non-hydrogen) atoms. The van der Waals surface area contributed by atoms with Gasteiger partial charge in [-0.05, 0) is 41.8 Å². The van der Waals surface area contributed by atoms with E-state index in [0.29, 0.717) is 5.56 Å². The van der Waals surface area contributed by atoms with Crippen molar-refractivity contribution in [3.63, 3.8) is 0 Å². The van der Waals surface area contributed by atoms with Crippen LogP contribution in [-0.4, -0.2) is 19.7 Å². The number of aryl methyl sites for hydroxylation is 1. The summed E-state index contributed by atoms with van der Waals surface area (Å²) in [5, 5.41) is 0. The third-order valence-corrected chi connectivity index (χ3v) is 3.45. The molecule has 0 bridgehead atoms. The number of esters is 1. The summed E-state index contributed by atoms with van der Waals surface area (Å²) in [5.41, 5.74) is 2.56. The van der Waals surface area contributed by atoms with E-state index < -0.39 is 12.6 Å². The van der Waals surface area contributed by atoms with Gasteiger partial charge in [-0.3, -0.25) is 0 Å². The minimum Gasteiger partial charge on any atom is -0.493 e. The fourth-order valence-corrected chi connectivity index (χ4v) is 2.11. The van der Waals surface area contributed by atoms with Gasteiger partial charge in [0.1, 0.15) is 6.61 Å². The highest BCUT2D eigenvalue weighted by Crippen LogP contribution is 2.29. The molecule has 0 amide bonds. The van der Waals surface area contributed by atoms with Crippen LogP contribution in [0.2, 0.25) is 0 Å². The third-order valence-electron chi connectivity index (χ3n) is 3.45. The highest BCUT2D eigenvalue weighted by Gasteiger charge is 2.10. The number of halogens is 2. The second kappa shape index (κ2) is 8.82. The molecule has 4 nitrogen and oxygen atoms in total. The maximum atomic E-state index is 12.3. The van der Waals surface area contributed by atoms with Gasteiger partial charge in [0, 0.05) is 6.08 Å². The Morgan fingerprint density at radius 1 is 1.16 bits per heavy atom. The van der Waals surface area contributed by atoms with E-state index in [4.69, 9.17) is 9.47 Å². The lowest BCUT2D eigenvalue weighted by Gasteiger charge is -2.10. The SMILES string of the molecule is COc1cc(/C=C/C(=O)OCc2ccccc2C)ccc1OC(F)F. The Hall–Kier alpha value is -2.89. The van der Waals surface area contributed by atoms with Gasteiger partial charge in [0.2, 0.25) is 0 Å². The number of ether oxygens (including phenoxy) is 3. The number of alkyl halides is 2. The van der Waals surface area contributed by atoms with Crippen LogP contribution in [0, 0.1) is 6.92 Å². The summed E-state index contributed by atoms with van der Waals surface area (Å²) >= 11 is 0. The van der Waals surface area contributed by atoms with Crippen LogP contribution in [0.4, 0.5) is 8.78 Å². The zero-order valence-corrected chi connectivity index (χ0v) is 13.9. The highest BCUT2D eigenvalue weighted by atomic mass is 19.3. The highest BCUT2D eigenvalue weighted by molar-refractivity contribution is 5.87. The van der Waals surface area contributed by atoms with Gasteiger partial charge >= 0.3 is 12.6 Å². The molecular weight excluding hydrogens is 330 g/mol. The number of hydrogen-bond acceptors (Lipinski definition) is 4. The summed E-state index contributed by atoms with van der Waals surface area (Å²) in [6, 6.07) is 12.0. The lowest BCUT2D eigenvalue weighted by molar-refractivity contribution is -0.138. The van der Waals surface area contributed by atoms with Crippen LogP contribution in [-0.2, 0) is 16.1 Å². The van der Waals surface area contributed by atoms with Crippen LogP contribution >= 0.6 is 0 Å². The first-order chi connectivity index (χ1) is 12.0. The molecule has 0 aliphatic rings. The summed E-state index contributed by atoms with van der Waals surface area (Å²) in [4.78, 5) is 11.8. The molecule has 0 unspecified atom stereocenters. The molecule has 0 fully saturated rings. The Morgan fingerprint density at radius 2 is 1.92 bits per heavy atom. The van der Waals surface area contributed by atoms with Gasteiger partial charge in [0.05, 0.1) is 7.11 Å². The molecule has 0 aliphatic carbocycles. The normalized spacial score (nSPS) is 10.9. The van der Waals surface area contributed by atoms with E-state index in [1.54, 1.807) is 0 Å². The molecule has 0 spiro atoms. The molecule has 0 saturated carbocycles. The average molecular weight is 348 g/mol. The topological polar surface area (TPSA) is 44.8 Å². The Bertz CT molecular complexity index is 757. The van der Waals surface area contributed by atoms with Gasteiger partial charge in [0.15, 0.2) is 11.5 Å². The van der Waals surface area contributed by atoms with Crippen LogP contribution < -0.4 is 9.47 Å². The molecule has 0 aromatic heterocycles. The van der Waals surface area contributed by atoms with Gasteiger partial charge in [-0.1, -0.05) is 30.3 Å². The van der Waals surface area contributed by atoms with Crippen molar-refractivity contribution in [2.75, 3.05) is 7.11 Å². The zero-order valence-electron chi connectivity index (χ0n) is 13.9. The van der Waals surface area contributed by atoms with Crippen LogP contribution in [0.3, 0.4) is 0 Å². The molecule has 0 aliphatic heterocycles. The van der Waals surface area contributed by atoms with Gasteiger partial charge < -0.3 is 14.2 Å². The fourth-order valence-electron chi connectivity index (χ4n) is 2.11. The number of carbonyl (C=O) groups is 1. The molecule has 0 radical (unpaired) electrons. The predicted octanol–water partition coefficient (Wildman–Crippen LogP) is 4.36. The van der Waals surface area contributed by atoms with Crippen molar-refractivity contribution in [2.24, 2.45) is 0 Å². The van der Waals surface area contributed by atoms with E-state index in [9.17, 15) is 13.6 Å². The van der Waals surface area contributed by atoms with Gasteiger partial charge in [-0.15, -0.1) is 0 Å². The lowest BCUT2D eigenvalue weighted by atomic mass is 10.1. The van der Waals surface area contributed by atoms with Crippen molar-refractivity contribution in [3.05, 3.63) is 65.2 Å². The minimum absolute atomic E-state index is 0.0724. The fraction of sp³-hybridized carbons (Fsp3) is 0.211. The van der Waals surface area contributed by atoms with Gasteiger partial charge in [0.25, 0.3) is 0 Å². The summed E-state index contributed by atoms with van der Waals surface area (Å²) in [6.07, 6.45) is 2.77. The van der Waals surface area contributed by atoms with Crippen molar-refractivity contribution in [3.8, 4) is 11.5 Å². The minimum atomic E-state index is -2.94. The second-order valence-electron chi connectivity index (χ2n) is 5.16. The Labute approximate surface area is 144 Å². The number of rotatable bonds is 7. The lowest BCUT2D eigenvalue weighted by Crippen LogP contribution is -2.03. The maximum Gasteiger partial charge on any atom is 0.387 e. The molecule has 0 atom stereocenters. The molecule has 0 N–H and O–H groups in total. The monoisotopic (exact) mass is 348 g/mol. The van der Waals surface area contributed by atoms with Crippen molar-refractivity contribution < 1.29 is 27.8 Å². The number of hydrogen-bond donors (Lipinski definition) is 0. The molecular formula is C19H18F2O4. The first kappa shape index (κ1) is 18.4. The van der Waals surface area contributed by atoms with E-state index in [1.807, 2.05) is 31.2 Å². The third kappa shape index (κ3) is 5.60. The molecule has 132 valence electrons. The number of benzene rings is 2. The van der Waals surface area contributed by atoms with Gasteiger partial charge in [-0.25, -0.2) is 4.79 Å². The van der Waals surface area contributed by atoms with Crippen molar-refractivity contribution in [1.82, 2.24) is 0 Å². The predicted molar refractivity (Wildman–Crippen MR) is 89.6 cm³/mol. The molecule has 0 saturated heterocycles. The van der Waals surface area contributed by atoms with Crippen LogP contribution in [0.25, 0.3) is 6.08 Å². The van der Waals surface area contributed by atoms with Crippen molar-refractivity contribution in [1.29, 1.82) is 0 Å². The van der Waals surface area contributed by atoms with E-state index >= 15 is 0 Å². The molecule has 6 heteroatoms. The molecule has 0 heterocycles. The van der Waals surface area contributed by atoms with E-state index in [-0.39, 0.29) is 18.1 Å². The smallest absolute Gasteiger partial charge is 0.387 e. The van der Waals surface area contributed by atoms with E-state index in [0.717, 1.165) is 11.1 Å². The van der Waals surface area contributed by atoms with E-state index in [2.05, 4.69) is 4.74 Å². The Morgan fingerprint density at radius 3 is 2.60 bits per heavy atom. The first-order valence-electron chi connectivity index (χ1n) is 7.52.